The van der Waals surface area contributed by atoms with Crippen molar-refractivity contribution < 1.29 is 14.3 Å². The fourth-order valence-electron chi connectivity index (χ4n) is 4.05. The molecule has 1 heterocycles. The van der Waals surface area contributed by atoms with Gasteiger partial charge in [0.15, 0.2) is 0 Å². The molecule has 1 fully saturated rings. The summed E-state index contributed by atoms with van der Waals surface area (Å²) in [5.74, 6) is 0.425. The maximum Gasteiger partial charge on any atom is 0.330 e. The number of ether oxygens (including phenoxy) is 2. The summed E-state index contributed by atoms with van der Waals surface area (Å²) in [6.45, 7) is 0.534. The van der Waals surface area contributed by atoms with Gasteiger partial charge in [0.1, 0.15) is 18.1 Å². The molecule has 0 saturated heterocycles. The van der Waals surface area contributed by atoms with E-state index in [4.69, 9.17) is 14.6 Å². The van der Waals surface area contributed by atoms with Gasteiger partial charge >= 0.3 is 5.97 Å². The molecule has 0 spiro atoms. The number of carbonyl (C=O) groups excluding carboxylic acids is 1. The third-order valence-corrected chi connectivity index (χ3v) is 6.53. The Morgan fingerprint density at radius 2 is 1.81 bits per heavy atom. The van der Waals surface area contributed by atoms with Crippen molar-refractivity contribution in [3.8, 4) is 17.0 Å². The van der Waals surface area contributed by atoms with E-state index in [0.717, 1.165) is 45.6 Å². The van der Waals surface area contributed by atoms with E-state index < -0.39 is 5.97 Å². The van der Waals surface area contributed by atoms with Gasteiger partial charge < -0.3 is 9.47 Å². The smallest absolute Gasteiger partial charge is 0.330 e. The lowest BCUT2D eigenvalue weighted by atomic mass is 9.95. The van der Waals surface area contributed by atoms with Crippen LogP contribution in [0.25, 0.3) is 17.3 Å². The average molecular weight is 495 g/mol. The fraction of sp³-hybridized carbons (Fsp3) is 0.308. The largest absolute Gasteiger partial charge is 0.489 e. The number of benzene rings is 2. The van der Waals surface area contributed by atoms with Crippen LogP contribution in [0.15, 0.2) is 65.1 Å². The first-order valence-electron chi connectivity index (χ1n) is 11.0. The maximum absolute atomic E-state index is 11.6. The SMILES string of the molecule is COC(=O)/C=C/c1nn(C2CCCCC2)c(-c2ccc(OCc3ccccc3)cc2)c1Br. The van der Waals surface area contributed by atoms with Crippen LogP contribution < -0.4 is 4.74 Å². The van der Waals surface area contributed by atoms with Crippen LogP contribution in [0.3, 0.4) is 0 Å². The van der Waals surface area contributed by atoms with Crippen LogP contribution in [0.1, 0.15) is 49.4 Å². The van der Waals surface area contributed by atoms with E-state index >= 15 is 0 Å². The lowest BCUT2D eigenvalue weighted by molar-refractivity contribution is -0.134. The number of esters is 1. The second-order valence-electron chi connectivity index (χ2n) is 7.94. The van der Waals surface area contributed by atoms with Gasteiger partial charge in [-0.3, -0.25) is 4.68 Å². The molecule has 0 aliphatic heterocycles. The Morgan fingerprint density at radius 1 is 1.09 bits per heavy atom. The molecule has 0 N–H and O–H groups in total. The fourth-order valence-corrected chi connectivity index (χ4v) is 4.67. The van der Waals surface area contributed by atoms with Crippen molar-refractivity contribution in [2.24, 2.45) is 0 Å². The van der Waals surface area contributed by atoms with Gasteiger partial charge in [-0.15, -0.1) is 0 Å². The Balaban J connectivity index is 1.61. The Kier molecular flexibility index (Phi) is 7.43. The Hall–Kier alpha value is -2.86. The molecular weight excluding hydrogens is 468 g/mol. The number of hydrogen-bond donors (Lipinski definition) is 0. The summed E-state index contributed by atoms with van der Waals surface area (Å²) >= 11 is 3.74. The van der Waals surface area contributed by atoms with Crippen molar-refractivity contribution in [2.45, 2.75) is 44.8 Å². The van der Waals surface area contributed by atoms with E-state index in [0.29, 0.717) is 12.6 Å². The minimum atomic E-state index is -0.398. The normalized spacial score (nSPS) is 14.6. The van der Waals surface area contributed by atoms with Crippen LogP contribution in [-0.4, -0.2) is 22.9 Å². The first-order chi connectivity index (χ1) is 15.7. The highest BCUT2D eigenvalue weighted by atomic mass is 79.9. The van der Waals surface area contributed by atoms with E-state index in [1.165, 1.54) is 32.4 Å². The highest BCUT2D eigenvalue weighted by Crippen LogP contribution is 2.38. The highest BCUT2D eigenvalue weighted by molar-refractivity contribution is 9.10. The van der Waals surface area contributed by atoms with E-state index in [1.54, 1.807) is 6.08 Å². The number of methoxy groups -OCH3 is 1. The number of rotatable bonds is 7. The molecule has 6 heteroatoms. The molecule has 166 valence electrons. The molecule has 1 aliphatic rings. The number of hydrogen-bond acceptors (Lipinski definition) is 4. The summed E-state index contributed by atoms with van der Waals surface area (Å²) in [6, 6.07) is 18.6. The number of carbonyl (C=O) groups is 1. The molecule has 3 aromatic rings. The monoisotopic (exact) mass is 494 g/mol. The van der Waals surface area contributed by atoms with Crippen LogP contribution in [0.4, 0.5) is 0 Å². The molecule has 2 aromatic carbocycles. The molecular formula is C26H27BrN2O3. The van der Waals surface area contributed by atoms with Gasteiger partial charge in [-0.2, -0.15) is 5.10 Å². The van der Waals surface area contributed by atoms with Crippen LogP contribution in [0.5, 0.6) is 5.75 Å². The van der Waals surface area contributed by atoms with E-state index in [1.807, 2.05) is 30.3 Å². The zero-order chi connectivity index (χ0) is 22.3. The van der Waals surface area contributed by atoms with Crippen molar-refractivity contribution >= 4 is 28.0 Å². The van der Waals surface area contributed by atoms with Crippen molar-refractivity contribution in [1.82, 2.24) is 9.78 Å². The summed E-state index contributed by atoms with van der Waals surface area (Å²) in [5, 5.41) is 4.86. The topological polar surface area (TPSA) is 53.3 Å². The summed E-state index contributed by atoms with van der Waals surface area (Å²) in [6.07, 6.45) is 9.02. The highest BCUT2D eigenvalue weighted by Gasteiger charge is 2.24. The minimum Gasteiger partial charge on any atom is -0.489 e. The third kappa shape index (κ3) is 5.30. The van der Waals surface area contributed by atoms with Gasteiger partial charge in [0.25, 0.3) is 0 Å². The summed E-state index contributed by atoms with van der Waals surface area (Å²) < 4.78 is 13.7. The molecule has 5 nitrogen and oxygen atoms in total. The molecule has 0 bridgehead atoms. The van der Waals surface area contributed by atoms with Crippen molar-refractivity contribution in [3.05, 3.63) is 76.4 Å². The molecule has 1 saturated carbocycles. The van der Waals surface area contributed by atoms with Gasteiger partial charge in [0.2, 0.25) is 0 Å². The predicted molar refractivity (Wildman–Crippen MR) is 129 cm³/mol. The van der Waals surface area contributed by atoms with E-state index in [9.17, 15) is 4.79 Å². The van der Waals surface area contributed by atoms with Crippen molar-refractivity contribution in [1.29, 1.82) is 0 Å². The van der Waals surface area contributed by atoms with Gasteiger partial charge in [0.05, 0.1) is 23.3 Å². The third-order valence-electron chi connectivity index (χ3n) is 5.75. The molecule has 0 atom stereocenters. The molecule has 1 aliphatic carbocycles. The van der Waals surface area contributed by atoms with Crippen LogP contribution in [0.2, 0.25) is 0 Å². The van der Waals surface area contributed by atoms with Gasteiger partial charge in [-0.25, -0.2) is 4.79 Å². The predicted octanol–water partition coefficient (Wildman–Crippen LogP) is 6.58. The average Bonchev–Trinajstić information content (AvgIpc) is 3.18. The zero-order valence-corrected chi connectivity index (χ0v) is 19.8. The van der Waals surface area contributed by atoms with Gasteiger partial charge in [-0.1, -0.05) is 49.6 Å². The minimum absolute atomic E-state index is 0.351. The summed E-state index contributed by atoms with van der Waals surface area (Å²) in [7, 11) is 1.37. The molecule has 0 unspecified atom stereocenters. The molecule has 0 radical (unpaired) electrons. The van der Waals surface area contributed by atoms with Crippen LogP contribution in [-0.2, 0) is 16.1 Å². The molecule has 4 rings (SSSR count). The molecule has 32 heavy (non-hydrogen) atoms. The van der Waals surface area contributed by atoms with Crippen molar-refractivity contribution in [2.75, 3.05) is 7.11 Å². The Morgan fingerprint density at radius 3 is 2.50 bits per heavy atom. The van der Waals surface area contributed by atoms with E-state index in [2.05, 4.69) is 44.9 Å². The summed E-state index contributed by atoms with van der Waals surface area (Å²) in [4.78, 5) is 11.6. The molecule has 0 amide bonds. The Bertz CT molecular complexity index is 1070. The zero-order valence-electron chi connectivity index (χ0n) is 18.2. The number of halogens is 1. The van der Waals surface area contributed by atoms with Gasteiger partial charge in [-0.05, 0) is 64.7 Å². The van der Waals surface area contributed by atoms with Gasteiger partial charge in [0, 0.05) is 11.6 Å². The summed E-state index contributed by atoms with van der Waals surface area (Å²) in [5.41, 5.74) is 3.94. The number of aromatic nitrogens is 2. The first-order valence-corrected chi connectivity index (χ1v) is 11.8. The second kappa shape index (κ2) is 10.6. The first kappa shape index (κ1) is 22.3. The lowest BCUT2D eigenvalue weighted by Gasteiger charge is -2.24. The standard InChI is InChI=1S/C26H27BrN2O3/c1-31-24(30)17-16-23-25(27)26(29(28-23)21-10-6-3-7-11-21)20-12-14-22(15-13-20)32-18-19-8-4-2-5-9-19/h2,4-5,8-9,12-17,21H,3,6-7,10-11,18H2,1H3/b17-16+. The second-order valence-corrected chi connectivity index (χ2v) is 8.73. The number of nitrogens with zero attached hydrogens (tertiary/aromatic N) is 2. The Labute approximate surface area is 197 Å². The van der Waals surface area contributed by atoms with Crippen LogP contribution in [0, 0.1) is 0 Å². The van der Waals surface area contributed by atoms with Crippen LogP contribution >= 0.6 is 15.9 Å². The lowest BCUT2D eigenvalue weighted by Crippen LogP contribution is -2.15. The van der Waals surface area contributed by atoms with Crippen molar-refractivity contribution in [3.63, 3.8) is 0 Å². The molecule has 1 aromatic heterocycles. The quantitative estimate of drug-likeness (QED) is 0.274. The maximum atomic E-state index is 11.6. The van der Waals surface area contributed by atoms with E-state index in [-0.39, 0.29) is 0 Å².